The SMILES string of the molecule is CN(Cc1cccc(F)c1)c1ncc(CNC2CC2)s1. The van der Waals surface area contributed by atoms with Gasteiger partial charge in [-0.15, -0.1) is 11.3 Å². The number of rotatable bonds is 6. The molecule has 1 N–H and O–H groups in total. The lowest BCUT2D eigenvalue weighted by Gasteiger charge is -2.15. The Labute approximate surface area is 122 Å². The lowest BCUT2D eigenvalue weighted by molar-refractivity contribution is 0.625. The van der Waals surface area contributed by atoms with Crippen molar-refractivity contribution >= 4 is 16.5 Å². The number of halogens is 1. The Morgan fingerprint density at radius 3 is 3.05 bits per heavy atom. The van der Waals surface area contributed by atoms with Crippen LogP contribution in [-0.2, 0) is 13.1 Å². The van der Waals surface area contributed by atoms with Crippen LogP contribution < -0.4 is 10.2 Å². The molecule has 3 nitrogen and oxygen atoms in total. The minimum Gasteiger partial charge on any atom is -0.347 e. The third-order valence-corrected chi connectivity index (χ3v) is 4.43. The molecule has 0 unspecified atom stereocenters. The first kappa shape index (κ1) is 13.5. The van der Waals surface area contributed by atoms with Crippen LogP contribution in [0.2, 0.25) is 0 Å². The van der Waals surface area contributed by atoms with E-state index in [1.807, 2.05) is 19.3 Å². The van der Waals surface area contributed by atoms with Crippen LogP contribution in [0.1, 0.15) is 23.3 Å². The van der Waals surface area contributed by atoms with Crippen LogP contribution >= 0.6 is 11.3 Å². The van der Waals surface area contributed by atoms with Gasteiger partial charge in [0.1, 0.15) is 5.82 Å². The second-order valence-corrected chi connectivity index (χ2v) is 6.34. The molecule has 1 aromatic heterocycles. The Balaban J connectivity index is 1.59. The third-order valence-electron chi connectivity index (χ3n) is 3.32. The maximum Gasteiger partial charge on any atom is 0.185 e. The molecule has 0 radical (unpaired) electrons. The van der Waals surface area contributed by atoms with Gasteiger partial charge in [0.15, 0.2) is 5.13 Å². The molecule has 1 saturated carbocycles. The van der Waals surface area contributed by atoms with E-state index in [4.69, 9.17) is 0 Å². The molecule has 1 heterocycles. The van der Waals surface area contributed by atoms with E-state index in [9.17, 15) is 4.39 Å². The Morgan fingerprint density at radius 1 is 1.45 bits per heavy atom. The second-order valence-electron chi connectivity index (χ2n) is 5.25. The zero-order valence-corrected chi connectivity index (χ0v) is 12.3. The van der Waals surface area contributed by atoms with Crippen LogP contribution in [0.4, 0.5) is 9.52 Å². The van der Waals surface area contributed by atoms with Crippen molar-refractivity contribution in [3.63, 3.8) is 0 Å². The van der Waals surface area contributed by atoms with E-state index in [0.717, 1.165) is 17.2 Å². The average molecular weight is 291 g/mol. The summed E-state index contributed by atoms with van der Waals surface area (Å²) in [6, 6.07) is 7.42. The van der Waals surface area contributed by atoms with Crippen LogP contribution in [0.15, 0.2) is 30.5 Å². The van der Waals surface area contributed by atoms with Crippen molar-refractivity contribution in [3.8, 4) is 0 Å². The van der Waals surface area contributed by atoms with Crippen LogP contribution in [-0.4, -0.2) is 18.1 Å². The zero-order valence-electron chi connectivity index (χ0n) is 11.5. The van der Waals surface area contributed by atoms with Crippen LogP contribution in [0.25, 0.3) is 0 Å². The second kappa shape index (κ2) is 5.89. The summed E-state index contributed by atoms with van der Waals surface area (Å²) in [7, 11) is 1.99. The fourth-order valence-electron chi connectivity index (χ4n) is 2.06. The monoisotopic (exact) mass is 291 g/mol. The highest BCUT2D eigenvalue weighted by molar-refractivity contribution is 7.15. The number of aromatic nitrogens is 1. The maximum atomic E-state index is 13.2. The van der Waals surface area contributed by atoms with Crippen molar-refractivity contribution in [2.24, 2.45) is 0 Å². The normalized spacial score (nSPS) is 14.5. The zero-order chi connectivity index (χ0) is 13.9. The van der Waals surface area contributed by atoms with Gasteiger partial charge in [0, 0.05) is 37.3 Å². The number of nitrogens with one attached hydrogen (secondary N) is 1. The topological polar surface area (TPSA) is 28.2 Å². The molecule has 1 aromatic carbocycles. The smallest absolute Gasteiger partial charge is 0.185 e. The van der Waals surface area contributed by atoms with Crippen molar-refractivity contribution in [1.82, 2.24) is 10.3 Å². The highest BCUT2D eigenvalue weighted by atomic mass is 32.1. The molecule has 1 fully saturated rings. The van der Waals surface area contributed by atoms with Crippen molar-refractivity contribution in [3.05, 3.63) is 46.7 Å². The molecule has 0 aliphatic heterocycles. The van der Waals surface area contributed by atoms with Gasteiger partial charge in [0.05, 0.1) is 0 Å². The number of hydrogen-bond acceptors (Lipinski definition) is 4. The molecule has 2 aromatic rings. The predicted octanol–water partition coefficient (Wildman–Crippen LogP) is 3.17. The predicted molar refractivity (Wildman–Crippen MR) is 80.5 cm³/mol. The summed E-state index contributed by atoms with van der Waals surface area (Å²) in [4.78, 5) is 7.75. The summed E-state index contributed by atoms with van der Waals surface area (Å²) in [6.45, 7) is 1.57. The van der Waals surface area contributed by atoms with Crippen LogP contribution in [0, 0.1) is 5.82 Å². The van der Waals surface area contributed by atoms with Gasteiger partial charge >= 0.3 is 0 Å². The summed E-state index contributed by atoms with van der Waals surface area (Å²) in [6.07, 6.45) is 4.52. The lowest BCUT2D eigenvalue weighted by atomic mass is 10.2. The van der Waals surface area contributed by atoms with Gasteiger partial charge in [-0.25, -0.2) is 9.37 Å². The molecule has 1 aliphatic carbocycles. The average Bonchev–Trinajstić information content (AvgIpc) is 3.13. The van der Waals surface area contributed by atoms with E-state index in [2.05, 4.69) is 15.2 Å². The molecule has 0 spiro atoms. The first-order valence-corrected chi connectivity index (χ1v) is 7.66. The maximum absolute atomic E-state index is 13.2. The number of thiazole rings is 1. The highest BCUT2D eigenvalue weighted by Gasteiger charge is 2.20. The molecule has 0 amide bonds. The van der Waals surface area contributed by atoms with Gasteiger partial charge in [-0.05, 0) is 30.5 Å². The minimum absolute atomic E-state index is 0.190. The summed E-state index contributed by atoms with van der Waals surface area (Å²) >= 11 is 1.69. The Hall–Kier alpha value is -1.46. The molecule has 106 valence electrons. The largest absolute Gasteiger partial charge is 0.347 e. The summed E-state index contributed by atoms with van der Waals surface area (Å²) in [5.74, 6) is -0.190. The van der Waals surface area contributed by atoms with Crippen molar-refractivity contribution in [2.45, 2.75) is 32.0 Å². The van der Waals surface area contributed by atoms with E-state index in [0.29, 0.717) is 12.6 Å². The van der Waals surface area contributed by atoms with Crippen molar-refractivity contribution in [2.75, 3.05) is 11.9 Å². The first-order chi connectivity index (χ1) is 9.70. The van der Waals surface area contributed by atoms with E-state index >= 15 is 0 Å². The quantitative estimate of drug-likeness (QED) is 0.886. The fourth-order valence-corrected chi connectivity index (χ4v) is 2.89. The Bertz CT molecular complexity index is 580. The number of nitrogens with zero attached hydrogens (tertiary/aromatic N) is 2. The molecule has 5 heteroatoms. The van der Waals surface area contributed by atoms with E-state index < -0.39 is 0 Å². The third kappa shape index (κ3) is 3.55. The van der Waals surface area contributed by atoms with Crippen molar-refractivity contribution < 1.29 is 4.39 Å². The molecular weight excluding hydrogens is 273 g/mol. The Kier molecular flexibility index (Phi) is 3.98. The van der Waals surface area contributed by atoms with E-state index in [-0.39, 0.29) is 5.82 Å². The number of anilines is 1. The van der Waals surface area contributed by atoms with E-state index in [1.165, 1.54) is 23.8 Å². The molecule has 0 saturated heterocycles. The highest BCUT2D eigenvalue weighted by Crippen LogP contribution is 2.25. The standard InChI is InChI=1S/C15H18FN3S/c1-19(10-11-3-2-4-12(16)7-11)15-18-9-14(20-15)8-17-13-5-6-13/h2-4,7,9,13,17H,5-6,8,10H2,1H3. The Morgan fingerprint density at radius 2 is 2.30 bits per heavy atom. The van der Waals surface area contributed by atoms with Crippen molar-refractivity contribution in [1.29, 1.82) is 0 Å². The van der Waals surface area contributed by atoms with E-state index in [1.54, 1.807) is 23.5 Å². The molecule has 20 heavy (non-hydrogen) atoms. The van der Waals surface area contributed by atoms with Gasteiger partial charge in [-0.1, -0.05) is 12.1 Å². The fraction of sp³-hybridized carbons (Fsp3) is 0.400. The number of hydrogen-bond donors (Lipinski definition) is 1. The molecule has 3 rings (SSSR count). The van der Waals surface area contributed by atoms with Crippen LogP contribution in [0.3, 0.4) is 0 Å². The molecule has 0 bridgehead atoms. The summed E-state index contributed by atoms with van der Waals surface area (Å²) in [5, 5.41) is 4.46. The van der Waals surface area contributed by atoms with Gasteiger partial charge in [-0.3, -0.25) is 0 Å². The first-order valence-electron chi connectivity index (χ1n) is 6.84. The van der Waals surface area contributed by atoms with Gasteiger partial charge in [0.25, 0.3) is 0 Å². The lowest BCUT2D eigenvalue weighted by Crippen LogP contribution is -2.16. The number of benzene rings is 1. The van der Waals surface area contributed by atoms with Gasteiger partial charge in [0.2, 0.25) is 0 Å². The minimum atomic E-state index is -0.190. The molecule has 1 aliphatic rings. The summed E-state index contributed by atoms with van der Waals surface area (Å²) in [5.41, 5.74) is 0.959. The molecular formula is C15H18FN3S. The summed E-state index contributed by atoms with van der Waals surface area (Å²) < 4.78 is 13.2. The van der Waals surface area contributed by atoms with Crippen LogP contribution in [0.5, 0.6) is 0 Å². The molecule has 0 atom stereocenters. The van der Waals surface area contributed by atoms with Gasteiger partial charge < -0.3 is 10.2 Å². The van der Waals surface area contributed by atoms with Gasteiger partial charge in [-0.2, -0.15) is 0 Å².